The number of hydrogen-bond donors (Lipinski definition) is 1. The predicted molar refractivity (Wildman–Crippen MR) is 102 cm³/mol. The second kappa shape index (κ2) is 8.08. The molecule has 0 spiro atoms. The Morgan fingerprint density at radius 1 is 1.25 bits per heavy atom. The molecular weight excluding hydrogens is 391 g/mol. The molecule has 3 rings (SSSR count). The Morgan fingerprint density at radius 2 is 1.86 bits per heavy atom. The maximum atomic E-state index is 13.3. The Morgan fingerprint density at radius 3 is 2.39 bits per heavy atom. The number of thiocarbonyl (C=S) groups is 1. The third kappa shape index (κ3) is 4.00. The molecule has 1 saturated heterocycles. The maximum Gasteiger partial charge on any atom is 0.416 e. The molecule has 0 radical (unpaired) electrons. The second-order valence-electron chi connectivity index (χ2n) is 6.65. The van der Waals surface area contributed by atoms with Gasteiger partial charge in [-0.15, -0.1) is 0 Å². The lowest BCUT2D eigenvalue weighted by Crippen LogP contribution is -2.51. The summed E-state index contributed by atoms with van der Waals surface area (Å²) in [6.07, 6.45) is -4.41. The highest BCUT2D eigenvalue weighted by atomic mass is 32.1. The van der Waals surface area contributed by atoms with Gasteiger partial charge in [0.05, 0.1) is 30.4 Å². The number of alkyl halides is 3. The number of hydrogen-bond acceptors (Lipinski definition) is 3. The van der Waals surface area contributed by atoms with Crippen LogP contribution in [0.1, 0.15) is 31.0 Å². The minimum Gasteiger partial charge on any atom is -0.378 e. The van der Waals surface area contributed by atoms with Crippen molar-refractivity contribution in [3.8, 4) is 0 Å². The average Bonchev–Trinajstić information content (AvgIpc) is 2.67. The first-order valence-corrected chi connectivity index (χ1v) is 9.47. The number of allylic oxidation sites excluding steroid dienone is 1. The van der Waals surface area contributed by atoms with Gasteiger partial charge in [0.15, 0.2) is 5.11 Å². The molecule has 1 N–H and O–H groups in total. The third-order valence-electron chi connectivity index (χ3n) is 5.01. The van der Waals surface area contributed by atoms with Gasteiger partial charge in [0.25, 0.3) is 5.91 Å². The molecule has 1 fully saturated rings. The summed E-state index contributed by atoms with van der Waals surface area (Å²) in [5.74, 6) is -0.154. The lowest BCUT2D eigenvalue weighted by molar-refractivity contribution is -0.137. The van der Waals surface area contributed by atoms with Gasteiger partial charge >= 0.3 is 6.18 Å². The van der Waals surface area contributed by atoms with Crippen molar-refractivity contribution < 1.29 is 22.7 Å². The zero-order chi connectivity index (χ0) is 20.5. The van der Waals surface area contributed by atoms with Crippen LogP contribution in [0, 0.1) is 0 Å². The topological polar surface area (TPSA) is 44.8 Å². The number of amides is 1. The van der Waals surface area contributed by atoms with E-state index in [2.05, 4.69) is 5.32 Å². The minimum absolute atomic E-state index is 0.154. The number of carbonyl (C=O) groups excluding carboxylic acids is 1. The Balaban J connectivity index is 2.00. The van der Waals surface area contributed by atoms with Crippen LogP contribution in [-0.4, -0.2) is 53.7 Å². The largest absolute Gasteiger partial charge is 0.416 e. The monoisotopic (exact) mass is 413 g/mol. The van der Waals surface area contributed by atoms with Crippen molar-refractivity contribution in [3.05, 3.63) is 46.7 Å². The second-order valence-corrected chi connectivity index (χ2v) is 7.04. The fourth-order valence-electron chi connectivity index (χ4n) is 3.49. The van der Waals surface area contributed by atoms with Gasteiger partial charge < -0.3 is 19.9 Å². The Kier molecular flexibility index (Phi) is 5.95. The van der Waals surface area contributed by atoms with Crippen LogP contribution in [0.15, 0.2) is 35.5 Å². The molecule has 1 aromatic rings. The highest BCUT2D eigenvalue weighted by Gasteiger charge is 2.36. The van der Waals surface area contributed by atoms with Gasteiger partial charge in [-0.05, 0) is 43.8 Å². The van der Waals surface area contributed by atoms with E-state index in [0.29, 0.717) is 54.8 Å². The quantitative estimate of drug-likeness (QED) is 0.772. The molecule has 1 aromatic carbocycles. The van der Waals surface area contributed by atoms with E-state index in [0.717, 1.165) is 12.1 Å². The summed E-state index contributed by atoms with van der Waals surface area (Å²) in [4.78, 5) is 16.8. The van der Waals surface area contributed by atoms with Gasteiger partial charge in [0.1, 0.15) is 0 Å². The molecule has 2 aliphatic heterocycles. The summed E-state index contributed by atoms with van der Waals surface area (Å²) in [7, 11) is 0. The summed E-state index contributed by atoms with van der Waals surface area (Å²) in [6, 6.07) is 4.24. The van der Waals surface area contributed by atoms with Crippen LogP contribution in [0.5, 0.6) is 0 Å². The van der Waals surface area contributed by atoms with E-state index in [1.165, 1.54) is 12.1 Å². The van der Waals surface area contributed by atoms with Gasteiger partial charge in [-0.25, -0.2) is 0 Å². The molecule has 28 heavy (non-hydrogen) atoms. The van der Waals surface area contributed by atoms with Crippen LogP contribution in [-0.2, 0) is 15.7 Å². The summed E-state index contributed by atoms with van der Waals surface area (Å²) in [5.41, 5.74) is 1.04. The van der Waals surface area contributed by atoms with Crippen LogP contribution in [0.4, 0.5) is 13.2 Å². The lowest BCUT2D eigenvalue weighted by atomic mass is 9.93. The van der Waals surface area contributed by atoms with Crippen LogP contribution in [0.2, 0.25) is 0 Å². The van der Waals surface area contributed by atoms with Gasteiger partial charge in [-0.1, -0.05) is 12.1 Å². The van der Waals surface area contributed by atoms with E-state index >= 15 is 0 Å². The maximum absolute atomic E-state index is 13.3. The van der Waals surface area contributed by atoms with Gasteiger partial charge in [0, 0.05) is 25.3 Å². The summed E-state index contributed by atoms with van der Waals surface area (Å²) in [6.45, 7) is 6.21. The summed E-state index contributed by atoms with van der Waals surface area (Å²) in [5, 5.41) is 3.58. The van der Waals surface area contributed by atoms with Crippen molar-refractivity contribution in [1.29, 1.82) is 0 Å². The molecule has 0 saturated carbocycles. The van der Waals surface area contributed by atoms with E-state index in [-0.39, 0.29) is 5.91 Å². The first kappa shape index (κ1) is 20.6. The average molecular weight is 413 g/mol. The molecule has 1 atom stereocenters. The summed E-state index contributed by atoms with van der Waals surface area (Å²) < 4.78 is 44.0. The number of nitrogens with zero attached hydrogens (tertiary/aromatic N) is 2. The molecule has 1 amide bonds. The zero-order valence-corrected chi connectivity index (χ0v) is 16.5. The van der Waals surface area contributed by atoms with Crippen molar-refractivity contribution in [1.82, 2.24) is 15.1 Å². The zero-order valence-electron chi connectivity index (χ0n) is 15.7. The van der Waals surface area contributed by atoms with E-state index < -0.39 is 17.8 Å². The van der Waals surface area contributed by atoms with Gasteiger partial charge in [-0.3, -0.25) is 4.79 Å². The summed E-state index contributed by atoms with van der Waals surface area (Å²) >= 11 is 5.42. The molecule has 9 heteroatoms. The Labute approximate surface area is 167 Å². The molecule has 2 aliphatic rings. The number of morpholine rings is 1. The van der Waals surface area contributed by atoms with Crippen LogP contribution in [0.25, 0.3) is 0 Å². The Hall–Kier alpha value is -2.13. The van der Waals surface area contributed by atoms with Crippen molar-refractivity contribution in [2.45, 2.75) is 26.1 Å². The van der Waals surface area contributed by atoms with Crippen molar-refractivity contribution >= 4 is 23.2 Å². The highest BCUT2D eigenvalue weighted by molar-refractivity contribution is 7.80. The van der Waals surface area contributed by atoms with Gasteiger partial charge in [-0.2, -0.15) is 13.2 Å². The van der Waals surface area contributed by atoms with Crippen LogP contribution in [0.3, 0.4) is 0 Å². The number of ether oxygens (including phenoxy) is 1. The Bertz CT molecular complexity index is 787. The van der Waals surface area contributed by atoms with Crippen molar-refractivity contribution in [2.75, 3.05) is 32.8 Å². The number of carbonyl (C=O) groups is 1. The van der Waals surface area contributed by atoms with E-state index in [1.807, 2.05) is 18.7 Å². The van der Waals surface area contributed by atoms with Crippen LogP contribution < -0.4 is 5.32 Å². The number of nitrogens with one attached hydrogen (secondary N) is 1. The van der Waals surface area contributed by atoms with E-state index in [4.69, 9.17) is 17.0 Å². The molecule has 5 nitrogen and oxygen atoms in total. The fraction of sp³-hybridized carbons (Fsp3) is 0.474. The molecule has 0 aromatic heterocycles. The molecule has 152 valence electrons. The highest BCUT2D eigenvalue weighted by Crippen LogP contribution is 2.34. The first-order chi connectivity index (χ1) is 13.2. The first-order valence-electron chi connectivity index (χ1n) is 9.07. The van der Waals surface area contributed by atoms with Crippen LogP contribution >= 0.6 is 12.2 Å². The van der Waals surface area contributed by atoms with E-state index in [9.17, 15) is 18.0 Å². The van der Waals surface area contributed by atoms with E-state index in [1.54, 1.807) is 4.90 Å². The number of halogens is 3. The normalized spacial score (nSPS) is 21.0. The molecule has 0 bridgehead atoms. The standard InChI is InChI=1S/C19H22F3N3O2S/c1-3-25-12(2)15(17(26)24-8-10-27-11-9-24)16(23-18(25)28)13-4-6-14(7-5-13)19(20,21)22/h4-7,16H,3,8-11H2,1-2H3,(H,23,28). The predicted octanol–water partition coefficient (Wildman–Crippen LogP) is 3.09. The SMILES string of the molecule is CCN1C(=S)NC(c2ccc(C(F)(F)F)cc2)C(C(=O)N2CCOCC2)=C1C. The molecule has 1 unspecified atom stereocenters. The molecular formula is C19H22F3N3O2S. The minimum atomic E-state index is -4.41. The number of benzene rings is 1. The fourth-order valence-corrected chi connectivity index (χ4v) is 3.87. The molecule has 0 aliphatic carbocycles. The lowest BCUT2D eigenvalue weighted by Gasteiger charge is -2.39. The van der Waals surface area contributed by atoms with Gasteiger partial charge in [0.2, 0.25) is 0 Å². The number of rotatable bonds is 3. The third-order valence-corrected chi connectivity index (χ3v) is 5.35. The smallest absolute Gasteiger partial charge is 0.378 e. The van der Waals surface area contributed by atoms with Crippen molar-refractivity contribution in [2.24, 2.45) is 0 Å². The molecule has 2 heterocycles. The van der Waals surface area contributed by atoms with Crippen molar-refractivity contribution in [3.63, 3.8) is 0 Å².